The van der Waals surface area contributed by atoms with Crippen LogP contribution in [0.4, 0.5) is 0 Å². The summed E-state index contributed by atoms with van der Waals surface area (Å²) in [6.45, 7) is 0.730. The van der Waals surface area contributed by atoms with E-state index in [4.69, 9.17) is 9.88 Å². The zero-order chi connectivity index (χ0) is 13.5. The quantitative estimate of drug-likeness (QED) is 0.884. The zero-order valence-electron chi connectivity index (χ0n) is 10.8. The molecule has 0 bridgehead atoms. The van der Waals surface area contributed by atoms with Gasteiger partial charge in [-0.2, -0.15) is 0 Å². The van der Waals surface area contributed by atoms with Gasteiger partial charge in [-0.1, -0.05) is 12.8 Å². The van der Waals surface area contributed by atoms with Crippen molar-refractivity contribution in [2.75, 3.05) is 6.61 Å². The van der Waals surface area contributed by atoms with Crippen LogP contribution in [0.2, 0.25) is 0 Å². The second-order valence-corrected chi connectivity index (χ2v) is 7.10. The Labute approximate surface area is 113 Å². The molecule has 1 unspecified atom stereocenters. The number of hydrogen-bond acceptors (Lipinski definition) is 4. The summed E-state index contributed by atoms with van der Waals surface area (Å²) < 4.78 is 30.4. The van der Waals surface area contributed by atoms with Crippen molar-refractivity contribution in [1.29, 1.82) is 0 Å². The highest BCUT2D eigenvalue weighted by Gasteiger charge is 2.40. The first-order chi connectivity index (χ1) is 8.99. The number of ether oxygens (including phenoxy) is 1. The fourth-order valence-electron chi connectivity index (χ4n) is 3.29. The fraction of sp³-hybridized carbons (Fsp3) is 0.750. The van der Waals surface area contributed by atoms with Crippen molar-refractivity contribution >= 4 is 10.0 Å². The molecule has 7 heteroatoms. The van der Waals surface area contributed by atoms with Crippen molar-refractivity contribution in [2.24, 2.45) is 5.14 Å². The van der Waals surface area contributed by atoms with Gasteiger partial charge in [-0.25, -0.2) is 18.5 Å². The molecule has 1 aromatic rings. The van der Waals surface area contributed by atoms with Gasteiger partial charge in [-0.3, -0.25) is 0 Å². The van der Waals surface area contributed by atoms with Crippen molar-refractivity contribution in [3.05, 3.63) is 12.5 Å². The number of imidazole rings is 1. The predicted molar refractivity (Wildman–Crippen MR) is 69.0 cm³/mol. The van der Waals surface area contributed by atoms with E-state index in [2.05, 4.69) is 4.98 Å². The third-order valence-corrected chi connectivity index (χ3v) is 5.07. The average molecular weight is 285 g/mol. The summed E-state index contributed by atoms with van der Waals surface area (Å²) in [7, 11) is -3.71. The van der Waals surface area contributed by atoms with Crippen molar-refractivity contribution in [3.63, 3.8) is 0 Å². The van der Waals surface area contributed by atoms with Crippen LogP contribution in [-0.4, -0.2) is 30.2 Å². The van der Waals surface area contributed by atoms with Gasteiger partial charge in [-0.15, -0.1) is 0 Å². The van der Waals surface area contributed by atoms with Crippen LogP contribution >= 0.6 is 0 Å². The van der Waals surface area contributed by atoms with Crippen LogP contribution in [0.25, 0.3) is 0 Å². The smallest absolute Gasteiger partial charge is 0.257 e. The molecule has 2 heterocycles. The van der Waals surface area contributed by atoms with E-state index < -0.39 is 10.0 Å². The van der Waals surface area contributed by atoms with E-state index in [1.54, 1.807) is 6.33 Å². The van der Waals surface area contributed by atoms with Gasteiger partial charge in [0.25, 0.3) is 10.0 Å². The monoisotopic (exact) mass is 285 g/mol. The highest BCUT2D eigenvalue weighted by molar-refractivity contribution is 7.89. The minimum Gasteiger partial charge on any atom is -0.375 e. The lowest BCUT2D eigenvalue weighted by Gasteiger charge is -2.38. The van der Waals surface area contributed by atoms with E-state index in [0.717, 1.165) is 32.3 Å². The lowest BCUT2D eigenvalue weighted by molar-refractivity contribution is -0.0895. The molecule has 2 N–H and O–H groups in total. The lowest BCUT2D eigenvalue weighted by atomic mass is 9.89. The topological polar surface area (TPSA) is 87.2 Å². The number of nitrogens with two attached hydrogens (primary N) is 1. The highest BCUT2D eigenvalue weighted by Crippen LogP contribution is 2.43. The normalized spacial score (nSPS) is 26.9. The van der Waals surface area contributed by atoms with Crippen molar-refractivity contribution in [1.82, 2.24) is 9.55 Å². The first-order valence-corrected chi connectivity index (χ1v) is 8.23. The Morgan fingerprint density at radius 2 is 2.16 bits per heavy atom. The Morgan fingerprint density at radius 3 is 2.79 bits per heavy atom. The van der Waals surface area contributed by atoms with Crippen molar-refractivity contribution < 1.29 is 13.2 Å². The Hall–Kier alpha value is -0.920. The maximum atomic E-state index is 11.3. The van der Waals surface area contributed by atoms with Gasteiger partial charge in [-0.05, 0) is 25.7 Å². The summed E-state index contributed by atoms with van der Waals surface area (Å²) in [6.07, 6.45) is 9.60. The minimum absolute atomic E-state index is 0.00887. The van der Waals surface area contributed by atoms with Gasteiger partial charge in [0.05, 0.1) is 11.9 Å². The molecule has 2 aliphatic rings. The summed E-state index contributed by atoms with van der Waals surface area (Å²) in [5, 5.41) is 5.03. The van der Waals surface area contributed by atoms with Gasteiger partial charge in [0.2, 0.25) is 0 Å². The molecule has 1 saturated heterocycles. The molecule has 0 amide bonds. The standard InChI is InChI=1S/C12H19N3O3S/c13-19(16,17)11-8-15(9-14-11)10-3-6-18-12(7-10)4-1-2-5-12/h8-10H,1-7H2,(H2,13,16,17). The summed E-state index contributed by atoms with van der Waals surface area (Å²) in [5.41, 5.74) is 0.00887. The molecule has 6 nitrogen and oxygen atoms in total. The molecule has 1 spiro atoms. The van der Waals surface area contributed by atoms with E-state index in [1.165, 1.54) is 19.0 Å². The number of rotatable bonds is 2. The molecule has 1 atom stereocenters. The largest absolute Gasteiger partial charge is 0.375 e. The molecule has 1 aliphatic carbocycles. The first-order valence-electron chi connectivity index (χ1n) is 6.69. The zero-order valence-corrected chi connectivity index (χ0v) is 11.6. The number of sulfonamides is 1. The number of nitrogens with zero attached hydrogens (tertiary/aromatic N) is 2. The Morgan fingerprint density at radius 1 is 1.42 bits per heavy atom. The molecule has 3 rings (SSSR count). The molecule has 106 valence electrons. The minimum atomic E-state index is -3.71. The van der Waals surface area contributed by atoms with E-state index in [-0.39, 0.29) is 16.7 Å². The maximum absolute atomic E-state index is 11.3. The molecular weight excluding hydrogens is 266 g/mol. The fourth-order valence-corrected chi connectivity index (χ4v) is 3.75. The molecule has 1 saturated carbocycles. The second-order valence-electron chi connectivity index (χ2n) is 5.59. The predicted octanol–water partition coefficient (Wildman–Crippen LogP) is 1.19. The van der Waals surface area contributed by atoms with Crippen molar-refractivity contribution in [3.8, 4) is 0 Å². The molecule has 1 aromatic heterocycles. The van der Waals surface area contributed by atoms with Gasteiger partial charge in [0.1, 0.15) is 0 Å². The van der Waals surface area contributed by atoms with Crippen LogP contribution in [0.3, 0.4) is 0 Å². The summed E-state index contributed by atoms with van der Waals surface area (Å²) >= 11 is 0. The summed E-state index contributed by atoms with van der Waals surface area (Å²) in [6, 6.07) is 0.259. The first kappa shape index (κ1) is 13.1. The molecule has 19 heavy (non-hydrogen) atoms. The van der Waals surface area contributed by atoms with Crippen LogP contribution < -0.4 is 5.14 Å². The lowest BCUT2D eigenvalue weighted by Crippen LogP contribution is -2.37. The van der Waals surface area contributed by atoms with Crippen LogP contribution in [-0.2, 0) is 14.8 Å². The number of hydrogen-bond donors (Lipinski definition) is 1. The summed E-state index contributed by atoms with van der Waals surface area (Å²) in [5.74, 6) is 0. The number of aromatic nitrogens is 2. The molecule has 2 fully saturated rings. The number of primary sulfonamides is 1. The van der Waals surface area contributed by atoms with Gasteiger partial charge < -0.3 is 9.30 Å². The average Bonchev–Trinajstić information content (AvgIpc) is 2.98. The van der Waals surface area contributed by atoms with Crippen molar-refractivity contribution in [2.45, 2.75) is 55.2 Å². The van der Waals surface area contributed by atoms with E-state index in [0.29, 0.717) is 0 Å². The molecule has 0 aromatic carbocycles. The van der Waals surface area contributed by atoms with E-state index in [9.17, 15) is 8.42 Å². The third kappa shape index (κ3) is 2.54. The molecule has 0 radical (unpaired) electrons. The Bertz CT molecular complexity index is 561. The van der Waals surface area contributed by atoms with Gasteiger partial charge >= 0.3 is 0 Å². The van der Waals surface area contributed by atoms with E-state index >= 15 is 0 Å². The summed E-state index contributed by atoms with van der Waals surface area (Å²) in [4.78, 5) is 3.89. The second kappa shape index (κ2) is 4.57. The van der Waals surface area contributed by atoms with Crippen LogP contribution in [0.15, 0.2) is 17.6 Å². The Kier molecular flexibility index (Phi) is 3.15. The Balaban J connectivity index is 1.80. The maximum Gasteiger partial charge on any atom is 0.257 e. The van der Waals surface area contributed by atoms with Gasteiger partial charge in [0.15, 0.2) is 5.03 Å². The SMILES string of the molecule is NS(=O)(=O)c1cn(C2CCOC3(CCCC3)C2)cn1. The molecular formula is C12H19N3O3S. The third-order valence-electron chi connectivity index (χ3n) is 4.27. The van der Waals surface area contributed by atoms with E-state index in [1.807, 2.05) is 4.57 Å². The molecule has 1 aliphatic heterocycles. The highest BCUT2D eigenvalue weighted by atomic mass is 32.2. The van der Waals surface area contributed by atoms with Gasteiger partial charge in [0, 0.05) is 18.8 Å². The van der Waals surface area contributed by atoms with Crippen LogP contribution in [0, 0.1) is 0 Å². The van der Waals surface area contributed by atoms with Crippen LogP contribution in [0.5, 0.6) is 0 Å². The van der Waals surface area contributed by atoms with Crippen LogP contribution in [0.1, 0.15) is 44.6 Å².